The fourth-order valence-electron chi connectivity index (χ4n) is 3.80. The molecule has 0 aromatic heterocycles. The minimum Gasteiger partial charge on any atom is -0.466 e. The van der Waals surface area contributed by atoms with Crippen LogP contribution in [-0.2, 0) is 14.4 Å². The maximum absolute atomic E-state index is 11.8. The molecule has 0 bridgehead atoms. The van der Waals surface area contributed by atoms with Gasteiger partial charge in [0.2, 0.25) is 0 Å². The van der Waals surface area contributed by atoms with E-state index in [0.29, 0.717) is 19.8 Å². The number of carbonyl (C=O) groups is 1. The minimum absolute atomic E-state index is 0.0545. The van der Waals surface area contributed by atoms with Crippen molar-refractivity contribution in [2.24, 2.45) is 11.1 Å². The number of fused-ring (bicyclic) bond motifs is 3. The maximum Gasteiger partial charge on any atom is 0.310 e. The molecule has 4 rings (SSSR count). The highest BCUT2D eigenvalue weighted by atomic mass is 16.6. The van der Waals surface area contributed by atoms with E-state index in [0.717, 1.165) is 29.7 Å². The Morgan fingerprint density at radius 3 is 2.22 bits per heavy atom. The summed E-state index contributed by atoms with van der Waals surface area (Å²) >= 11 is 0. The summed E-state index contributed by atoms with van der Waals surface area (Å²) < 4.78 is 5.10. The lowest BCUT2D eigenvalue weighted by molar-refractivity contribution is -0.148. The number of carbonyl (C=O) groups excluding carboxylic acids is 1. The van der Waals surface area contributed by atoms with Gasteiger partial charge in [0, 0.05) is 23.7 Å². The first-order chi connectivity index (χ1) is 13.3. The van der Waals surface area contributed by atoms with Gasteiger partial charge >= 0.3 is 5.97 Å². The average molecular weight is 364 g/mol. The van der Waals surface area contributed by atoms with E-state index >= 15 is 0 Å². The van der Waals surface area contributed by atoms with Crippen LogP contribution in [-0.4, -0.2) is 37.5 Å². The summed E-state index contributed by atoms with van der Waals surface area (Å²) in [6.07, 6.45) is 1.70. The lowest BCUT2D eigenvalue weighted by Crippen LogP contribution is -2.44. The molecule has 140 valence electrons. The fourth-order valence-corrected chi connectivity index (χ4v) is 3.80. The van der Waals surface area contributed by atoms with Crippen LogP contribution in [0.15, 0.2) is 53.7 Å². The Bertz CT molecular complexity index is 807. The Kier molecular flexibility index (Phi) is 5.21. The van der Waals surface area contributed by atoms with Crippen LogP contribution in [0.2, 0.25) is 0 Å². The number of nitrogens with one attached hydrogen (secondary N) is 1. The van der Waals surface area contributed by atoms with Crippen molar-refractivity contribution in [1.29, 1.82) is 0 Å². The summed E-state index contributed by atoms with van der Waals surface area (Å²) in [7, 11) is 0. The molecule has 2 aromatic rings. The number of esters is 1. The van der Waals surface area contributed by atoms with Gasteiger partial charge in [-0.15, -0.1) is 0 Å². The molecule has 5 heteroatoms. The second kappa shape index (κ2) is 7.92. The molecular weight excluding hydrogens is 340 g/mol. The second-order valence-corrected chi connectivity index (χ2v) is 6.96. The molecule has 0 unspecified atom stereocenters. The molecule has 1 aliphatic heterocycles. The monoisotopic (exact) mass is 364 g/mol. The summed E-state index contributed by atoms with van der Waals surface area (Å²) in [5.74, 6) is -0.162. The van der Waals surface area contributed by atoms with Gasteiger partial charge in [-0.2, -0.15) is 0 Å². The number of ether oxygens (including phenoxy) is 1. The van der Waals surface area contributed by atoms with E-state index in [2.05, 4.69) is 34.7 Å². The zero-order valence-electron chi connectivity index (χ0n) is 15.5. The summed E-state index contributed by atoms with van der Waals surface area (Å²) in [5.41, 5.74) is 5.50. The zero-order valence-corrected chi connectivity index (χ0v) is 15.5. The lowest BCUT2D eigenvalue weighted by Gasteiger charge is -2.27. The Balaban J connectivity index is 1.39. The molecule has 0 radical (unpaired) electrons. The van der Waals surface area contributed by atoms with Crippen molar-refractivity contribution in [2.45, 2.75) is 25.8 Å². The van der Waals surface area contributed by atoms with Crippen LogP contribution in [0.1, 0.15) is 30.9 Å². The molecule has 2 aromatic carbocycles. The summed E-state index contributed by atoms with van der Waals surface area (Å²) in [6.45, 7) is 3.39. The molecule has 0 spiro atoms. The maximum atomic E-state index is 11.8. The molecule has 1 fully saturated rings. The summed E-state index contributed by atoms with van der Waals surface area (Å²) in [4.78, 5) is 17.5. The Labute approximate surface area is 159 Å². The van der Waals surface area contributed by atoms with Crippen LogP contribution < -0.4 is 5.32 Å². The number of nitrogens with zero attached hydrogens (tertiary/aromatic N) is 1. The van der Waals surface area contributed by atoms with Gasteiger partial charge < -0.3 is 14.9 Å². The van der Waals surface area contributed by atoms with Crippen molar-refractivity contribution in [3.05, 3.63) is 59.7 Å². The largest absolute Gasteiger partial charge is 0.466 e. The Morgan fingerprint density at radius 1 is 1.04 bits per heavy atom. The molecule has 2 atom stereocenters. The number of oxime groups is 1. The lowest BCUT2D eigenvalue weighted by atomic mass is 9.95. The van der Waals surface area contributed by atoms with Crippen LogP contribution in [0.3, 0.4) is 0 Å². The average Bonchev–Trinajstić information content (AvgIpc) is 3.03. The van der Waals surface area contributed by atoms with Crippen molar-refractivity contribution in [1.82, 2.24) is 5.32 Å². The van der Waals surface area contributed by atoms with Gasteiger partial charge in [0.1, 0.15) is 12.3 Å². The normalized spacial score (nSPS) is 20.6. The molecule has 27 heavy (non-hydrogen) atoms. The van der Waals surface area contributed by atoms with E-state index < -0.39 is 0 Å². The SMILES string of the molecule is CCOC(=O)[C@@H]1CC[C@H](CON=C2c3ccccc3-c3ccccc32)NC1. The third kappa shape index (κ3) is 3.60. The number of hydrogen-bond donors (Lipinski definition) is 1. The predicted molar refractivity (Wildman–Crippen MR) is 105 cm³/mol. The number of benzene rings is 2. The van der Waals surface area contributed by atoms with Crippen molar-refractivity contribution in [2.75, 3.05) is 19.8 Å². The van der Waals surface area contributed by atoms with Crippen molar-refractivity contribution in [3.63, 3.8) is 0 Å². The van der Waals surface area contributed by atoms with Gasteiger partial charge in [-0.25, -0.2) is 0 Å². The summed E-state index contributed by atoms with van der Waals surface area (Å²) in [5, 5.41) is 7.85. The zero-order chi connectivity index (χ0) is 18.6. The van der Waals surface area contributed by atoms with E-state index in [-0.39, 0.29) is 17.9 Å². The molecule has 0 saturated carbocycles. The molecule has 1 aliphatic carbocycles. The van der Waals surface area contributed by atoms with Crippen molar-refractivity contribution in [3.8, 4) is 11.1 Å². The van der Waals surface area contributed by atoms with Crippen molar-refractivity contribution >= 4 is 11.7 Å². The highest BCUT2D eigenvalue weighted by Crippen LogP contribution is 2.36. The molecule has 5 nitrogen and oxygen atoms in total. The van der Waals surface area contributed by atoms with E-state index in [1.807, 2.05) is 31.2 Å². The minimum atomic E-state index is -0.108. The Hall–Kier alpha value is -2.66. The fraction of sp³-hybridized carbons (Fsp3) is 0.364. The van der Waals surface area contributed by atoms with E-state index in [4.69, 9.17) is 9.57 Å². The molecule has 1 N–H and O–H groups in total. The van der Waals surface area contributed by atoms with Crippen LogP contribution in [0.5, 0.6) is 0 Å². The second-order valence-electron chi connectivity index (χ2n) is 6.96. The van der Waals surface area contributed by atoms with Gasteiger partial charge in [0.05, 0.1) is 12.5 Å². The topological polar surface area (TPSA) is 59.9 Å². The molecule has 1 saturated heterocycles. The first-order valence-corrected chi connectivity index (χ1v) is 9.57. The van der Waals surface area contributed by atoms with Crippen LogP contribution >= 0.6 is 0 Å². The van der Waals surface area contributed by atoms with Gasteiger partial charge in [-0.1, -0.05) is 53.7 Å². The van der Waals surface area contributed by atoms with Crippen molar-refractivity contribution < 1.29 is 14.4 Å². The van der Waals surface area contributed by atoms with Gasteiger partial charge in [0.25, 0.3) is 0 Å². The highest BCUT2D eigenvalue weighted by Gasteiger charge is 2.28. The molecule has 1 heterocycles. The van der Waals surface area contributed by atoms with Crippen LogP contribution in [0, 0.1) is 5.92 Å². The van der Waals surface area contributed by atoms with E-state index in [1.54, 1.807) is 0 Å². The van der Waals surface area contributed by atoms with Crippen LogP contribution in [0.25, 0.3) is 11.1 Å². The smallest absolute Gasteiger partial charge is 0.310 e. The molecular formula is C22H24N2O3. The molecule has 2 aliphatic rings. The van der Waals surface area contributed by atoms with Gasteiger partial charge in [0.15, 0.2) is 0 Å². The standard InChI is InChI=1S/C22H24N2O3/c1-2-26-22(25)15-11-12-16(23-13-15)14-27-24-21-19-9-5-3-7-17(19)18-8-4-6-10-20(18)21/h3-10,15-16,23H,2,11-14H2,1H3/t15-,16-/m1/s1. The first-order valence-electron chi connectivity index (χ1n) is 9.57. The molecule has 0 amide bonds. The van der Waals surface area contributed by atoms with E-state index in [1.165, 1.54) is 11.1 Å². The summed E-state index contributed by atoms with van der Waals surface area (Å²) in [6, 6.07) is 16.8. The van der Waals surface area contributed by atoms with E-state index in [9.17, 15) is 4.79 Å². The predicted octanol–water partition coefficient (Wildman–Crippen LogP) is 3.37. The first kappa shape index (κ1) is 17.7. The van der Waals surface area contributed by atoms with Gasteiger partial charge in [-0.3, -0.25) is 4.79 Å². The number of hydrogen-bond acceptors (Lipinski definition) is 5. The Morgan fingerprint density at radius 2 is 1.67 bits per heavy atom. The quantitative estimate of drug-likeness (QED) is 0.557. The number of piperidine rings is 1. The number of rotatable bonds is 5. The van der Waals surface area contributed by atoms with Crippen LogP contribution in [0.4, 0.5) is 0 Å². The van der Waals surface area contributed by atoms with Gasteiger partial charge in [-0.05, 0) is 30.9 Å². The third-order valence-corrected chi connectivity index (χ3v) is 5.22. The highest BCUT2D eigenvalue weighted by molar-refractivity contribution is 6.24. The third-order valence-electron chi connectivity index (χ3n) is 5.22.